The lowest BCUT2D eigenvalue weighted by atomic mass is 10.1. The number of hydrogen-bond donors (Lipinski definition) is 1. The predicted molar refractivity (Wildman–Crippen MR) is 48.8 cm³/mol. The zero-order valence-electron chi connectivity index (χ0n) is 6.11. The Labute approximate surface area is 75.4 Å². The Morgan fingerprint density at radius 3 is 2.80 bits per heavy atom. The van der Waals surface area contributed by atoms with Gasteiger partial charge in [-0.25, -0.2) is 0 Å². The van der Waals surface area contributed by atoms with E-state index in [1.54, 1.807) is 0 Å². The number of alkyl halides is 2. The monoisotopic (exact) mass is 225 g/mol. The first-order valence-electron chi connectivity index (χ1n) is 3.63. The third-order valence-electron chi connectivity index (χ3n) is 2.25. The average molecular weight is 227 g/mol. The fourth-order valence-electron chi connectivity index (χ4n) is 1.28. The fraction of sp³-hybridized carbons (Fsp3) is 1.00. The summed E-state index contributed by atoms with van der Waals surface area (Å²) < 4.78 is 0. The summed E-state index contributed by atoms with van der Waals surface area (Å²) in [4.78, 5) is 0.566. The van der Waals surface area contributed by atoms with E-state index in [4.69, 9.17) is 17.3 Å². The van der Waals surface area contributed by atoms with Crippen molar-refractivity contribution >= 4 is 27.5 Å². The molecule has 0 amide bonds. The van der Waals surface area contributed by atoms with Gasteiger partial charge in [0.1, 0.15) is 0 Å². The second-order valence-corrected chi connectivity index (χ2v) is 4.55. The first kappa shape index (κ1) is 8.82. The topological polar surface area (TPSA) is 26.0 Å². The van der Waals surface area contributed by atoms with Crippen LogP contribution < -0.4 is 5.73 Å². The summed E-state index contributed by atoms with van der Waals surface area (Å²) in [7, 11) is 0. The zero-order valence-corrected chi connectivity index (χ0v) is 8.45. The summed E-state index contributed by atoms with van der Waals surface area (Å²) in [5.74, 6) is 1.20. The van der Waals surface area contributed by atoms with Gasteiger partial charge in [0.15, 0.2) is 0 Å². The highest BCUT2D eigenvalue weighted by Crippen LogP contribution is 2.47. The minimum Gasteiger partial charge on any atom is -0.324 e. The SMILES string of the molecule is CCC(Br)C1CC1(N)CCl. The molecule has 2 N–H and O–H groups in total. The number of rotatable bonds is 3. The van der Waals surface area contributed by atoms with Gasteiger partial charge in [0, 0.05) is 16.2 Å². The van der Waals surface area contributed by atoms with Gasteiger partial charge in [0.25, 0.3) is 0 Å². The van der Waals surface area contributed by atoms with Gasteiger partial charge in [-0.2, -0.15) is 0 Å². The van der Waals surface area contributed by atoms with E-state index in [1.807, 2.05) is 0 Å². The molecule has 0 aliphatic heterocycles. The zero-order chi connectivity index (χ0) is 7.78. The largest absolute Gasteiger partial charge is 0.324 e. The molecule has 0 saturated heterocycles. The summed E-state index contributed by atoms with van der Waals surface area (Å²) in [5, 5.41) is 0. The van der Waals surface area contributed by atoms with Crippen LogP contribution in [0.4, 0.5) is 0 Å². The van der Waals surface area contributed by atoms with Gasteiger partial charge in [0.05, 0.1) is 0 Å². The molecule has 10 heavy (non-hydrogen) atoms. The van der Waals surface area contributed by atoms with Crippen molar-refractivity contribution in [2.45, 2.75) is 30.1 Å². The van der Waals surface area contributed by atoms with Gasteiger partial charge in [-0.15, -0.1) is 11.6 Å². The van der Waals surface area contributed by atoms with Gasteiger partial charge in [-0.3, -0.25) is 0 Å². The predicted octanol–water partition coefficient (Wildman–Crippen LogP) is 2.12. The second-order valence-electron chi connectivity index (χ2n) is 3.10. The molecule has 3 unspecified atom stereocenters. The van der Waals surface area contributed by atoms with Crippen LogP contribution in [0.3, 0.4) is 0 Å². The van der Waals surface area contributed by atoms with Crippen LogP contribution >= 0.6 is 27.5 Å². The maximum absolute atomic E-state index is 5.90. The lowest BCUT2D eigenvalue weighted by Gasteiger charge is -2.09. The summed E-state index contributed by atoms with van der Waals surface area (Å²) in [6.45, 7) is 2.16. The summed E-state index contributed by atoms with van der Waals surface area (Å²) in [5.41, 5.74) is 5.85. The summed E-state index contributed by atoms with van der Waals surface area (Å²) >= 11 is 9.27. The van der Waals surface area contributed by atoms with E-state index in [-0.39, 0.29) is 5.54 Å². The highest BCUT2D eigenvalue weighted by Gasteiger charge is 2.52. The van der Waals surface area contributed by atoms with Crippen molar-refractivity contribution in [1.29, 1.82) is 0 Å². The molecule has 1 aliphatic rings. The van der Waals surface area contributed by atoms with E-state index in [0.717, 1.165) is 12.8 Å². The minimum atomic E-state index is -0.0499. The molecule has 0 spiro atoms. The number of nitrogens with two attached hydrogens (primary N) is 1. The van der Waals surface area contributed by atoms with Crippen molar-refractivity contribution in [3.05, 3.63) is 0 Å². The van der Waals surface area contributed by atoms with E-state index >= 15 is 0 Å². The van der Waals surface area contributed by atoms with Gasteiger partial charge in [-0.1, -0.05) is 22.9 Å². The van der Waals surface area contributed by atoms with Crippen LogP contribution in [0.15, 0.2) is 0 Å². The quantitative estimate of drug-likeness (QED) is 0.733. The molecular weight excluding hydrogens is 213 g/mol. The molecule has 0 bridgehead atoms. The molecule has 1 nitrogen and oxygen atoms in total. The summed E-state index contributed by atoms with van der Waals surface area (Å²) in [6, 6.07) is 0. The molecular formula is C7H13BrClN. The van der Waals surface area contributed by atoms with E-state index in [1.165, 1.54) is 0 Å². The molecule has 1 rings (SSSR count). The maximum Gasteiger partial charge on any atom is 0.0407 e. The van der Waals surface area contributed by atoms with Crippen molar-refractivity contribution < 1.29 is 0 Å². The van der Waals surface area contributed by atoms with Crippen LogP contribution in [0.2, 0.25) is 0 Å². The molecule has 1 aliphatic carbocycles. The molecule has 0 aromatic carbocycles. The van der Waals surface area contributed by atoms with Crippen LogP contribution in [-0.2, 0) is 0 Å². The minimum absolute atomic E-state index is 0.0499. The number of halogens is 2. The van der Waals surface area contributed by atoms with Crippen molar-refractivity contribution in [1.82, 2.24) is 0 Å². The van der Waals surface area contributed by atoms with Crippen molar-refractivity contribution in [2.24, 2.45) is 11.7 Å². The van der Waals surface area contributed by atoms with Gasteiger partial charge in [0.2, 0.25) is 0 Å². The fourth-order valence-corrected chi connectivity index (χ4v) is 2.30. The highest BCUT2D eigenvalue weighted by atomic mass is 79.9. The molecule has 3 atom stereocenters. The van der Waals surface area contributed by atoms with Crippen molar-refractivity contribution in [3.8, 4) is 0 Å². The number of hydrogen-bond acceptors (Lipinski definition) is 1. The van der Waals surface area contributed by atoms with Crippen LogP contribution in [0.5, 0.6) is 0 Å². The standard InChI is InChI=1S/C7H13BrClN/c1-2-6(8)5-3-7(5,10)4-9/h5-6H,2-4,10H2,1H3. The van der Waals surface area contributed by atoms with Crippen LogP contribution in [0.25, 0.3) is 0 Å². The first-order chi connectivity index (χ1) is 4.64. The third kappa shape index (κ3) is 1.49. The Morgan fingerprint density at radius 2 is 2.50 bits per heavy atom. The average Bonchev–Trinajstić information content (AvgIpc) is 2.62. The van der Waals surface area contributed by atoms with E-state index < -0.39 is 0 Å². The van der Waals surface area contributed by atoms with Gasteiger partial charge < -0.3 is 5.73 Å². The molecule has 60 valence electrons. The Morgan fingerprint density at radius 1 is 1.90 bits per heavy atom. The molecule has 0 aromatic rings. The van der Waals surface area contributed by atoms with E-state index in [0.29, 0.717) is 16.6 Å². The Balaban J connectivity index is 2.36. The van der Waals surface area contributed by atoms with Crippen LogP contribution in [-0.4, -0.2) is 16.2 Å². The lowest BCUT2D eigenvalue weighted by Crippen LogP contribution is -2.29. The third-order valence-corrected chi connectivity index (χ3v) is 4.04. The Bertz CT molecular complexity index is 131. The maximum atomic E-state index is 5.90. The van der Waals surface area contributed by atoms with E-state index in [2.05, 4.69) is 22.9 Å². The van der Waals surface area contributed by atoms with Crippen LogP contribution in [0, 0.1) is 5.92 Å². The molecule has 0 radical (unpaired) electrons. The van der Waals surface area contributed by atoms with Gasteiger partial charge in [-0.05, 0) is 18.8 Å². The van der Waals surface area contributed by atoms with Crippen LogP contribution in [0.1, 0.15) is 19.8 Å². The van der Waals surface area contributed by atoms with Crippen molar-refractivity contribution in [3.63, 3.8) is 0 Å². The Hall–Kier alpha value is 0.730. The molecule has 1 saturated carbocycles. The summed E-state index contributed by atoms with van der Waals surface area (Å²) in [6.07, 6.45) is 2.22. The molecule has 3 heteroatoms. The normalized spacial score (nSPS) is 41.4. The highest BCUT2D eigenvalue weighted by molar-refractivity contribution is 9.09. The lowest BCUT2D eigenvalue weighted by molar-refractivity contribution is 0.621. The van der Waals surface area contributed by atoms with Crippen molar-refractivity contribution in [2.75, 3.05) is 5.88 Å². The van der Waals surface area contributed by atoms with E-state index in [9.17, 15) is 0 Å². The molecule has 0 heterocycles. The molecule has 1 fully saturated rings. The first-order valence-corrected chi connectivity index (χ1v) is 5.08. The Kier molecular flexibility index (Phi) is 2.64. The molecule has 0 aromatic heterocycles. The smallest absolute Gasteiger partial charge is 0.0407 e. The second kappa shape index (κ2) is 3.00. The van der Waals surface area contributed by atoms with Gasteiger partial charge >= 0.3 is 0 Å².